The average molecular weight is 292 g/mol. The number of benzene rings is 1. The summed E-state index contributed by atoms with van der Waals surface area (Å²) in [4.78, 5) is 14.1. The number of hydrogen-bond donors (Lipinski definition) is 2. The van der Waals surface area contributed by atoms with Gasteiger partial charge < -0.3 is 20.1 Å². The van der Waals surface area contributed by atoms with Gasteiger partial charge in [0.25, 0.3) is 0 Å². The molecule has 5 nitrogen and oxygen atoms in total. The second-order valence-electron chi connectivity index (χ2n) is 5.38. The number of para-hydroxylation sites is 1. The van der Waals surface area contributed by atoms with E-state index < -0.39 is 0 Å². The van der Waals surface area contributed by atoms with E-state index in [9.17, 15) is 4.79 Å². The van der Waals surface area contributed by atoms with Gasteiger partial charge in [0.1, 0.15) is 12.4 Å². The number of aliphatic hydroxyl groups excluding tert-OH is 1. The average Bonchev–Trinajstić information content (AvgIpc) is 2.52. The number of likely N-dealkylation sites (tertiary alicyclic amines) is 1. The molecular weight excluding hydrogens is 268 g/mol. The molecule has 1 aromatic rings. The highest BCUT2D eigenvalue weighted by atomic mass is 16.5. The van der Waals surface area contributed by atoms with E-state index in [1.165, 1.54) is 6.42 Å². The molecule has 116 valence electrons. The number of ether oxygens (including phenoxy) is 1. The van der Waals surface area contributed by atoms with Crippen molar-refractivity contribution in [1.29, 1.82) is 0 Å². The van der Waals surface area contributed by atoms with E-state index in [4.69, 9.17) is 9.84 Å². The molecular formula is C16H24N2O3. The summed E-state index contributed by atoms with van der Waals surface area (Å²) in [6, 6.07) is 7.85. The molecule has 1 atom stereocenters. The lowest BCUT2D eigenvalue weighted by Crippen LogP contribution is -2.47. The van der Waals surface area contributed by atoms with Crippen molar-refractivity contribution >= 4 is 6.03 Å². The van der Waals surface area contributed by atoms with Gasteiger partial charge in [0.2, 0.25) is 0 Å². The Morgan fingerprint density at radius 1 is 1.43 bits per heavy atom. The lowest BCUT2D eigenvalue weighted by molar-refractivity contribution is 0.157. The number of amides is 2. The summed E-state index contributed by atoms with van der Waals surface area (Å²) in [7, 11) is 0. The summed E-state index contributed by atoms with van der Waals surface area (Å²) in [5.41, 5.74) is 0.920. The molecule has 2 rings (SSSR count). The number of aliphatic hydroxyl groups is 1. The second kappa shape index (κ2) is 7.88. The minimum Gasteiger partial charge on any atom is -0.491 e. The fraction of sp³-hybridized carbons (Fsp3) is 0.562. The first kappa shape index (κ1) is 15.6. The van der Waals surface area contributed by atoms with E-state index in [-0.39, 0.29) is 19.2 Å². The van der Waals surface area contributed by atoms with Gasteiger partial charge in [-0.05, 0) is 32.3 Å². The Labute approximate surface area is 125 Å². The van der Waals surface area contributed by atoms with Gasteiger partial charge >= 0.3 is 6.03 Å². The van der Waals surface area contributed by atoms with Crippen molar-refractivity contribution in [1.82, 2.24) is 10.2 Å². The van der Waals surface area contributed by atoms with Gasteiger partial charge in [-0.1, -0.05) is 18.2 Å². The Hall–Kier alpha value is -1.75. The monoisotopic (exact) mass is 292 g/mol. The molecule has 0 radical (unpaired) electrons. The lowest BCUT2D eigenvalue weighted by Gasteiger charge is -2.33. The predicted molar refractivity (Wildman–Crippen MR) is 81.3 cm³/mol. The third-order valence-corrected chi connectivity index (χ3v) is 3.82. The zero-order valence-electron chi connectivity index (χ0n) is 12.5. The van der Waals surface area contributed by atoms with Gasteiger partial charge in [-0.3, -0.25) is 0 Å². The molecule has 21 heavy (non-hydrogen) atoms. The van der Waals surface area contributed by atoms with Crippen molar-refractivity contribution in [2.24, 2.45) is 0 Å². The maximum Gasteiger partial charge on any atom is 0.317 e. The van der Waals surface area contributed by atoms with Crippen LogP contribution in [0.2, 0.25) is 0 Å². The van der Waals surface area contributed by atoms with E-state index in [0.717, 1.165) is 24.9 Å². The molecule has 1 heterocycles. The molecule has 1 aliphatic rings. The number of nitrogens with zero attached hydrogens (tertiary/aromatic N) is 1. The molecule has 2 amide bonds. The number of hydrogen-bond acceptors (Lipinski definition) is 3. The van der Waals surface area contributed by atoms with Crippen molar-refractivity contribution in [2.45, 2.75) is 38.8 Å². The molecule has 0 aliphatic carbocycles. The number of nitrogens with one attached hydrogen (secondary N) is 1. The Morgan fingerprint density at radius 3 is 3.00 bits per heavy atom. The molecule has 1 aromatic carbocycles. The first-order valence-electron chi connectivity index (χ1n) is 7.58. The van der Waals surface area contributed by atoms with E-state index >= 15 is 0 Å². The first-order chi connectivity index (χ1) is 10.2. The number of carbonyl (C=O) groups excluding carboxylic acids is 1. The van der Waals surface area contributed by atoms with Crippen LogP contribution in [0.4, 0.5) is 4.79 Å². The second-order valence-corrected chi connectivity index (χ2v) is 5.38. The van der Waals surface area contributed by atoms with Crippen LogP contribution in [0.5, 0.6) is 5.75 Å². The Balaban J connectivity index is 1.91. The molecule has 0 spiro atoms. The zero-order chi connectivity index (χ0) is 15.1. The molecule has 1 saturated heterocycles. The fourth-order valence-electron chi connectivity index (χ4n) is 2.62. The topological polar surface area (TPSA) is 61.8 Å². The van der Waals surface area contributed by atoms with Crippen molar-refractivity contribution in [3.63, 3.8) is 0 Å². The molecule has 2 N–H and O–H groups in total. The quantitative estimate of drug-likeness (QED) is 0.874. The Bertz CT molecular complexity index is 465. The Morgan fingerprint density at radius 2 is 2.24 bits per heavy atom. The highest BCUT2D eigenvalue weighted by molar-refractivity contribution is 5.74. The summed E-state index contributed by atoms with van der Waals surface area (Å²) < 4.78 is 5.47. The van der Waals surface area contributed by atoms with Crippen LogP contribution in [0.25, 0.3) is 0 Å². The van der Waals surface area contributed by atoms with Crippen molar-refractivity contribution in [3.8, 4) is 5.75 Å². The van der Waals surface area contributed by atoms with Crippen molar-refractivity contribution in [3.05, 3.63) is 29.8 Å². The number of urea groups is 1. The fourth-order valence-corrected chi connectivity index (χ4v) is 2.62. The van der Waals surface area contributed by atoms with Crippen LogP contribution >= 0.6 is 0 Å². The van der Waals surface area contributed by atoms with Gasteiger partial charge in [-0.25, -0.2) is 4.79 Å². The van der Waals surface area contributed by atoms with Crippen LogP contribution in [-0.2, 0) is 6.54 Å². The summed E-state index contributed by atoms with van der Waals surface area (Å²) in [6.45, 7) is 3.59. The van der Waals surface area contributed by atoms with Crippen LogP contribution in [-0.4, -0.2) is 41.8 Å². The van der Waals surface area contributed by atoms with Gasteiger partial charge in [0.05, 0.1) is 6.61 Å². The Kier molecular flexibility index (Phi) is 5.87. The maximum absolute atomic E-state index is 12.2. The van der Waals surface area contributed by atoms with Gasteiger partial charge in [0.15, 0.2) is 0 Å². The number of carbonyl (C=O) groups is 1. The smallest absolute Gasteiger partial charge is 0.317 e. The SMILES string of the molecule is CC1CCCCN1C(=O)NCc1ccccc1OCCO. The lowest BCUT2D eigenvalue weighted by atomic mass is 10.0. The molecule has 1 fully saturated rings. The van der Waals surface area contributed by atoms with Crippen LogP contribution < -0.4 is 10.1 Å². The number of rotatable bonds is 5. The van der Waals surface area contributed by atoms with Gasteiger partial charge in [-0.2, -0.15) is 0 Å². The van der Waals surface area contributed by atoms with Crippen molar-refractivity contribution in [2.75, 3.05) is 19.8 Å². The standard InChI is InChI=1S/C16H24N2O3/c1-13-6-4-5-9-18(13)16(20)17-12-14-7-2-3-8-15(14)21-11-10-19/h2-3,7-8,13,19H,4-6,9-12H2,1H3,(H,17,20). The third-order valence-electron chi connectivity index (χ3n) is 3.82. The van der Waals surface area contributed by atoms with E-state index in [1.54, 1.807) is 0 Å². The molecule has 0 saturated carbocycles. The molecule has 1 aliphatic heterocycles. The van der Waals surface area contributed by atoms with E-state index in [0.29, 0.717) is 18.3 Å². The molecule has 0 bridgehead atoms. The van der Waals surface area contributed by atoms with Gasteiger partial charge in [-0.15, -0.1) is 0 Å². The molecule has 0 aromatic heterocycles. The van der Waals surface area contributed by atoms with Crippen molar-refractivity contribution < 1.29 is 14.6 Å². The zero-order valence-corrected chi connectivity index (χ0v) is 12.5. The van der Waals surface area contributed by atoms with Gasteiger partial charge in [0, 0.05) is 24.7 Å². The van der Waals surface area contributed by atoms with E-state index in [1.807, 2.05) is 29.2 Å². The molecule has 1 unspecified atom stereocenters. The third kappa shape index (κ3) is 4.36. The van der Waals surface area contributed by atoms with Crippen LogP contribution in [0.3, 0.4) is 0 Å². The van der Waals surface area contributed by atoms with Crippen LogP contribution in [0, 0.1) is 0 Å². The van der Waals surface area contributed by atoms with Crippen LogP contribution in [0.15, 0.2) is 24.3 Å². The minimum absolute atomic E-state index is 0.0147. The summed E-state index contributed by atoms with van der Waals surface area (Å²) in [6.07, 6.45) is 3.35. The summed E-state index contributed by atoms with van der Waals surface area (Å²) in [5, 5.41) is 11.8. The highest BCUT2D eigenvalue weighted by Gasteiger charge is 2.22. The first-order valence-corrected chi connectivity index (χ1v) is 7.58. The summed E-state index contributed by atoms with van der Waals surface area (Å²) in [5.74, 6) is 0.707. The molecule has 5 heteroatoms. The largest absolute Gasteiger partial charge is 0.491 e. The van der Waals surface area contributed by atoms with E-state index in [2.05, 4.69) is 12.2 Å². The van der Waals surface area contributed by atoms with Crippen LogP contribution in [0.1, 0.15) is 31.7 Å². The highest BCUT2D eigenvalue weighted by Crippen LogP contribution is 2.19. The minimum atomic E-state index is -0.0218. The summed E-state index contributed by atoms with van der Waals surface area (Å²) >= 11 is 0. The normalized spacial score (nSPS) is 18.4. The predicted octanol–water partition coefficient (Wildman–Crippen LogP) is 2.14. The number of piperidine rings is 1. The maximum atomic E-state index is 12.2.